The zero-order valence-corrected chi connectivity index (χ0v) is 18.0. The highest BCUT2D eigenvalue weighted by Crippen LogP contribution is 2.12. The Balaban J connectivity index is 4.19. The van der Waals surface area contributed by atoms with Crippen LogP contribution in [0.2, 0.25) is 0 Å². The van der Waals surface area contributed by atoms with Crippen LogP contribution in [0.15, 0.2) is 18.4 Å². The maximum Gasteiger partial charge on any atom is 0.341 e. The third-order valence-electron chi connectivity index (χ3n) is 4.59. The highest BCUT2D eigenvalue weighted by Gasteiger charge is 2.21. The van der Waals surface area contributed by atoms with E-state index in [1.54, 1.807) is 0 Å². The second-order valence-electron chi connectivity index (χ2n) is 7.14. The number of esters is 1. The zero-order chi connectivity index (χ0) is 20.9. The van der Waals surface area contributed by atoms with Crippen molar-refractivity contribution in [2.45, 2.75) is 97.0 Å². The minimum absolute atomic E-state index is 0.167. The molecule has 0 spiro atoms. The van der Waals surface area contributed by atoms with Gasteiger partial charge in [-0.25, -0.2) is 9.59 Å². The molecule has 0 aromatic carbocycles. The highest BCUT2D eigenvalue weighted by molar-refractivity contribution is 5.89. The molecule has 0 saturated heterocycles. The molecule has 5 nitrogen and oxygen atoms in total. The lowest BCUT2D eigenvalue weighted by atomic mass is 10.1. The van der Waals surface area contributed by atoms with Crippen molar-refractivity contribution in [2.75, 3.05) is 19.8 Å². The fourth-order valence-corrected chi connectivity index (χ4v) is 2.82. The van der Waals surface area contributed by atoms with E-state index in [4.69, 9.17) is 9.47 Å². The van der Waals surface area contributed by atoms with Gasteiger partial charge >= 0.3 is 5.97 Å². The van der Waals surface area contributed by atoms with Gasteiger partial charge in [0.25, 0.3) is 0 Å². The number of ether oxygens (including phenoxy) is 3. The lowest BCUT2D eigenvalue weighted by Crippen LogP contribution is -2.27. The quantitative estimate of drug-likeness (QED) is 0.0887. The SMILES string of the molecule is C=C(C(=O)OC=C=O)C(COCCCCCCCC)OCCCCCCCC. The molecule has 0 aliphatic rings. The lowest BCUT2D eigenvalue weighted by Gasteiger charge is -2.19. The Hall–Kier alpha value is -1.42. The van der Waals surface area contributed by atoms with E-state index in [1.165, 1.54) is 57.3 Å². The molecule has 162 valence electrons. The first-order chi connectivity index (χ1) is 13.7. The molecule has 0 saturated carbocycles. The maximum absolute atomic E-state index is 11.9. The van der Waals surface area contributed by atoms with Crippen LogP contribution >= 0.6 is 0 Å². The summed E-state index contributed by atoms with van der Waals surface area (Å²) in [4.78, 5) is 22.1. The van der Waals surface area contributed by atoms with E-state index in [9.17, 15) is 9.59 Å². The van der Waals surface area contributed by atoms with Crippen molar-refractivity contribution in [3.05, 3.63) is 18.4 Å². The summed E-state index contributed by atoms with van der Waals surface area (Å²) in [6.07, 6.45) is 14.3. The van der Waals surface area contributed by atoms with Gasteiger partial charge in [-0.1, -0.05) is 84.6 Å². The molecule has 1 atom stereocenters. The van der Waals surface area contributed by atoms with Gasteiger partial charge in [-0.3, -0.25) is 0 Å². The number of carbonyl (C=O) groups is 1. The molecule has 0 rings (SSSR count). The molecule has 0 aliphatic carbocycles. The molecule has 0 fully saturated rings. The van der Waals surface area contributed by atoms with E-state index in [-0.39, 0.29) is 12.2 Å². The zero-order valence-electron chi connectivity index (χ0n) is 18.0. The van der Waals surface area contributed by atoms with Gasteiger partial charge in [0.2, 0.25) is 0 Å². The first kappa shape index (κ1) is 26.6. The first-order valence-electron chi connectivity index (χ1n) is 11.0. The summed E-state index contributed by atoms with van der Waals surface area (Å²) in [6.45, 7) is 9.62. The molecule has 0 amide bonds. The van der Waals surface area contributed by atoms with E-state index in [0.29, 0.717) is 19.5 Å². The van der Waals surface area contributed by atoms with Gasteiger partial charge in [-0.05, 0) is 12.8 Å². The summed E-state index contributed by atoms with van der Waals surface area (Å²) in [5.74, 6) is 0.738. The Labute approximate surface area is 171 Å². The Kier molecular flexibility index (Phi) is 19.3. The van der Waals surface area contributed by atoms with Gasteiger partial charge in [0.15, 0.2) is 12.2 Å². The predicted octanol–water partition coefficient (Wildman–Crippen LogP) is 5.55. The van der Waals surface area contributed by atoms with Gasteiger partial charge in [-0.15, -0.1) is 0 Å². The van der Waals surface area contributed by atoms with Crippen LogP contribution in [0.4, 0.5) is 0 Å². The number of carbonyl (C=O) groups excluding carboxylic acids is 2. The van der Waals surface area contributed by atoms with Crippen LogP contribution in [0.5, 0.6) is 0 Å². The summed E-state index contributed by atoms with van der Waals surface area (Å²) >= 11 is 0. The molecule has 0 aromatic heterocycles. The van der Waals surface area contributed by atoms with E-state index in [2.05, 4.69) is 25.2 Å². The summed E-state index contributed by atoms with van der Waals surface area (Å²) in [6, 6.07) is 0. The second-order valence-corrected chi connectivity index (χ2v) is 7.14. The van der Waals surface area contributed by atoms with E-state index >= 15 is 0 Å². The molecule has 1 unspecified atom stereocenters. The highest BCUT2D eigenvalue weighted by atomic mass is 16.5. The molecular weight excluding hydrogens is 356 g/mol. The largest absolute Gasteiger partial charge is 0.419 e. The van der Waals surface area contributed by atoms with E-state index in [1.807, 2.05) is 0 Å². The van der Waals surface area contributed by atoms with Crippen molar-refractivity contribution in [1.82, 2.24) is 0 Å². The fraction of sp³-hybridized carbons (Fsp3) is 0.783. The molecule has 0 radical (unpaired) electrons. The lowest BCUT2D eigenvalue weighted by molar-refractivity contribution is -0.135. The molecule has 0 N–H and O–H groups in total. The summed E-state index contributed by atoms with van der Waals surface area (Å²) in [7, 11) is 0. The second kappa shape index (κ2) is 20.3. The van der Waals surface area contributed by atoms with Gasteiger partial charge < -0.3 is 14.2 Å². The van der Waals surface area contributed by atoms with Gasteiger partial charge in [0, 0.05) is 13.2 Å². The topological polar surface area (TPSA) is 61.8 Å². The number of hydrogen-bond acceptors (Lipinski definition) is 5. The minimum atomic E-state index is -0.681. The molecule has 28 heavy (non-hydrogen) atoms. The number of hydrogen-bond donors (Lipinski definition) is 0. The third-order valence-corrected chi connectivity index (χ3v) is 4.59. The van der Waals surface area contributed by atoms with Crippen molar-refractivity contribution in [3.63, 3.8) is 0 Å². The van der Waals surface area contributed by atoms with Gasteiger partial charge in [0.05, 0.1) is 12.2 Å². The Morgan fingerprint density at radius 1 is 0.893 bits per heavy atom. The third kappa shape index (κ3) is 15.6. The normalized spacial score (nSPS) is 11.6. The molecular formula is C23H40O5. The minimum Gasteiger partial charge on any atom is -0.419 e. The van der Waals surface area contributed by atoms with Crippen LogP contribution in [0.25, 0.3) is 0 Å². The Bertz CT molecular complexity index is 440. The van der Waals surface area contributed by atoms with Crippen LogP contribution in [0.1, 0.15) is 90.9 Å². The smallest absolute Gasteiger partial charge is 0.341 e. The van der Waals surface area contributed by atoms with Crippen LogP contribution < -0.4 is 0 Å². The van der Waals surface area contributed by atoms with Crippen molar-refractivity contribution >= 4 is 11.9 Å². The van der Waals surface area contributed by atoms with Crippen molar-refractivity contribution in [2.24, 2.45) is 0 Å². The maximum atomic E-state index is 11.9. The summed E-state index contributed by atoms with van der Waals surface area (Å²) in [5.41, 5.74) is 0.167. The standard InChI is InChI=1S/C23H40O5/c1-4-6-8-10-12-14-17-26-20-22(21(3)23(25)28-19-16-24)27-18-15-13-11-9-7-5-2/h19,22H,3-15,17-18,20H2,1-2H3. The molecule has 0 heterocycles. The summed E-state index contributed by atoms with van der Waals surface area (Å²) < 4.78 is 16.2. The van der Waals surface area contributed by atoms with Crippen LogP contribution in [-0.4, -0.2) is 37.8 Å². The molecule has 5 heteroatoms. The van der Waals surface area contributed by atoms with Crippen LogP contribution in [-0.2, 0) is 23.8 Å². The van der Waals surface area contributed by atoms with Crippen molar-refractivity contribution < 1.29 is 23.8 Å². The Morgan fingerprint density at radius 2 is 1.43 bits per heavy atom. The van der Waals surface area contributed by atoms with Gasteiger partial charge in [-0.2, -0.15) is 0 Å². The van der Waals surface area contributed by atoms with Gasteiger partial charge in [0.1, 0.15) is 6.10 Å². The summed E-state index contributed by atoms with van der Waals surface area (Å²) in [5, 5.41) is 0. The monoisotopic (exact) mass is 396 g/mol. The van der Waals surface area contributed by atoms with E-state index < -0.39 is 12.1 Å². The Morgan fingerprint density at radius 3 is 2.00 bits per heavy atom. The fourth-order valence-electron chi connectivity index (χ4n) is 2.82. The number of rotatable bonds is 20. The van der Waals surface area contributed by atoms with Crippen molar-refractivity contribution in [1.29, 1.82) is 0 Å². The molecule has 0 aromatic rings. The van der Waals surface area contributed by atoms with E-state index in [0.717, 1.165) is 25.7 Å². The predicted molar refractivity (Wildman–Crippen MR) is 113 cm³/mol. The number of unbranched alkanes of at least 4 members (excludes halogenated alkanes) is 10. The van der Waals surface area contributed by atoms with Crippen LogP contribution in [0.3, 0.4) is 0 Å². The molecule has 0 aliphatic heterocycles. The average Bonchev–Trinajstić information content (AvgIpc) is 2.71. The van der Waals surface area contributed by atoms with Crippen LogP contribution in [0, 0.1) is 0 Å². The molecule has 0 bridgehead atoms. The average molecular weight is 397 g/mol. The first-order valence-corrected chi connectivity index (χ1v) is 11.0. The van der Waals surface area contributed by atoms with Crippen molar-refractivity contribution in [3.8, 4) is 0 Å².